The molecule has 298 valence electrons. The summed E-state index contributed by atoms with van der Waals surface area (Å²) in [6.07, 6.45) is 28.8. The highest BCUT2D eigenvalue weighted by Crippen LogP contribution is 2.34. The quantitative estimate of drug-likeness (QED) is 0.0340. The predicted molar refractivity (Wildman–Crippen MR) is 206 cm³/mol. The van der Waals surface area contributed by atoms with E-state index in [2.05, 4.69) is 20.8 Å². The van der Waals surface area contributed by atoms with E-state index in [1.165, 1.54) is 77.0 Å². The molecule has 0 aromatic rings. The second-order valence-electron chi connectivity index (χ2n) is 15.7. The first-order valence-corrected chi connectivity index (χ1v) is 21.2. The third-order valence-electron chi connectivity index (χ3n) is 10.3. The van der Waals surface area contributed by atoms with Gasteiger partial charge in [-0.15, -0.1) is 0 Å². The van der Waals surface area contributed by atoms with Crippen LogP contribution in [-0.2, 0) is 23.9 Å². The summed E-state index contributed by atoms with van der Waals surface area (Å²) in [7, 11) is 0. The number of rotatable bonds is 34. The highest BCUT2D eigenvalue weighted by Gasteiger charge is 2.39. The van der Waals surface area contributed by atoms with E-state index in [1.807, 2.05) is 6.08 Å². The van der Waals surface area contributed by atoms with Crippen molar-refractivity contribution in [2.24, 2.45) is 17.8 Å². The second kappa shape index (κ2) is 31.7. The molecule has 1 fully saturated rings. The Morgan fingerprint density at radius 3 is 1.63 bits per heavy atom. The summed E-state index contributed by atoms with van der Waals surface area (Å²) in [6.45, 7) is 6.36. The van der Waals surface area contributed by atoms with E-state index in [0.717, 1.165) is 63.7 Å². The Bertz CT molecular complexity index is 902. The summed E-state index contributed by atoms with van der Waals surface area (Å²) in [5.41, 5.74) is 0. The lowest BCUT2D eigenvalue weighted by Crippen LogP contribution is -2.25. The molecule has 0 amide bonds. The number of Topliss-reactive ketones (excluding diaryl/α,β-unsaturated/α-hetero) is 1. The molecule has 5 atom stereocenters. The van der Waals surface area contributed by atoms with E-state index in [4.69, 9.17) is 9.47 Å². The fourth-order valence-corrected chi connectivity index (χ4v) is 7.05. The number of carbonyl (C=O) groups is 3. The molecule has 1 aliphatic carbocycles. The number of carbonyl (C=O) groups excluding carboxylic acids is 3. The van der Waals surface area contributed by atoms with Crippen LogP contribution in [0, 0.1) is 17.8 Å². The van der Waals surface area contributed by atoms with Crippen LogP contribution in [0.3, 0.4) is 0 Å². The highest BCUT2D eigenvalue weighted by molar-refractivity contribution is 5.84. The lowest BCUT2D eigenvalue weighted by atomic mass is 9.88. The molecule has 0 aromatic heterocycles. The van der Waals surface area contributed by atoms with Crippen LogP contribution in [0.5, 0.6) is 0 Å². The topological polar surface area (TPSA) is 130 Å². The summed E-state index contributed by atoms with van der Waals surface area (Å²) < 4.78 is 10.3. The number of hydrogen-bond donors (Lipinski definition) is 3. The molecule has 0 aliphatic heterocycles. The summed E-state index contributed by atoms with van der Waals surface area (Å²) >= 11 is 0. The van der Waals surface area contributed by atoms with Crippen molar-refractivity contribution in [3.8, 4) is 0 Å². The van der Waals surface area contributed by atoms with E-state index in [0.29, 0.717) is 25.7 Å². The van der Waals surface area contributed by atoms with E-state index in [-0.39, 0.29) is 55.6 Å². The lowest BCUT2D eigenvalue weighted by Gasteiger charge is -2.18. The maximum atomic E-state index is 12.5. The first-order chi connectivity index (χ1) is 24.6. The van der Waals surface area contributed by atoms with E-state index < -0.39 is 18.3 Å². The molecule has 1 saturated carbocycles. The van der Waals surface area contributed by atoms with Crippen molar-refractivity contribution in [3.63, 3.8) is 0 Å². The van der Waals surface area contributed by atoms with Crippen molar-refractivity contribution in [1.29, 1.82) is 0 Å². The molecule has 0 heterocycles. The predicted octanol–water partition coefficient (Wildman–Crippen LogP) is 9.74. The Hall–Kier alpha value is -1.77. The molecular formula is C43H78O8. The molecule has 0 bridgehead atoms. The van der Waals surface area contributed by atoms with Crippen LogP contribution in [0.1, 0.15) is 194 Å². The number of ether oxygens (including phenoxy) is 2. The molecule has 1 rings (SSSR count). The van der Waals surface area contributed by atoms with Crippen LogP contribution in [0.2, 0.25) is 0 Å². The fourth-order valence-electron chi connectivity index (χ4n) is 7.05. The third-order valence-corrected chi connectivity index (χ3v) is 10.3. The van der Waals surface area contributed by atoms with Crippen LogP contribution < -0.4 is 0 Å². The monoisotopic (exact) mass is 723 g/mol. The molecule has 0 unspecified atom stereocenters. The zero-order valence-corrected chi connectivity index (χ0v) is 33.0. The van der Waals surface area contributed by atoms with Crippen molar-refractivity contribution in [1.82, 2.24) is 0 Å². The van der Waals surface area contributed by atoms with Crippen LogP contribution in [0.15, 0.2) is 12.2 Å². The van der Waals surface area contributed by atoms with Gasteiger partial charge in [-0.05, 0) is 31.6 Å². The molecular weight excluding hydrogens is 644 g/mol. The van der Waals surface area contributed by atoms with Gasteiger partial charge in [0.2, 0.25) is 0 Å². The van der Waals surface area contributed by atoms with E-state index >= 15 is 0 Å². The minimum absolute atomic E-state index is 0.0838. The molecule has 51 heavy (non-hydrogen) atoms. The van der Waals surface area contributed by atoms with Crippen LogP contribution in [-0.4, -0.2) is 64.6 Å². The largest absolute Gasteiger partial charge is 0.463 e. The average Bonchev–Trinajstić information content (AvgIpc) is 3.37. The van der Waals surface area contributed by atoms with Gasteiger partial charge in [0.05, 0.1) is 12.2 Å². The number of aliphatic hydroxyl groups excluding tert-OH is 3. The van der Waals surface area contributed by atoms with Crippen LogP contribution in [0.4, 0.5) is 0 Å². The molecule has 0 saturated heterocycles. The van der Waals surface area contributed by atoms with Crippen molar-refractivity contribution < 1.29 is 39.2 Å². The van der Waals surface area contributed by atoms with Gasteiger partial charge in [-0.1, -0.05) is 161 Å². The lowest BCUT2D eigenvalue weighted by molar-refractivity contribution is -0.152. The Morgan fingerprint density at radius 2 is 1.14 bits per heavy atom. The summed E-state index contributed by atoms with van der Waals surface area (Å²) in [6, 6.07) is 0. The van der Waals surface area contributed by atoms with Gasteiger partial charge in [-0.25, -0.2) is 0 Å². The molecule has 0 aromatic carbocycles. The van der Waals surface area contributed by atoms with Crippen molar-refractivity contribution in [2.45, 2.75) is 212 Å². The maximum Gasteiger partial charge on any atom is 0.305 e. The highest BCUT2D eigenvalue weighted by atomic mass is 16.6. The Balaban J connectivity index is 1.97. The standard InChI is InChI=1S/C43H78O8/c1-4-5-20-26-36(44)30-31-39-38(40(46)32-41(39)47)27-22-18-19-24-29-43(49)51-34-37(45)33-50-42(48)28-23-17-15-13-11-9-7-6-8-10-12-14-16-21-25-35(2)3/h30-31,35-39,41,44-45,47H,4-29,32-34H2,1-3H3/b31-30+/t36-,37+,38+,39+,41+/m0/s1. The molecule has 0 spiro atoms. The molecule has 0 radical (unpaired) electrons. The SMILES string of the molecule is CCCCC[C@H](O)/C=C/[C@H]1[C@H](O)CC(=O)[C@@H]1CCCCCCC(=O)OC[C@H](O)COC(=O)CCCCCCCCCCCCCCCCC(C)C. The van der Waals surface area contributed by atoms with Gasteiger partial charge in [-0.2, -0.15) is 0 Å². The maximum absolute atomic E-state index is 12.5. The normalized spacial score (nSPS) is 18.9. The number of hydrogen-bond acceptors (Lipinski definition) is 8. The Kier molecular flexibility index (Phi) is 29.4. The van der Waals surface area contributed by atoms with Crippen molar-refractivity contribution in [2.75, 3.05) is 13.2 Å². The zero-order valence-electron chi connectivity index (χ0n) is 33.0. The zero-order chi connectivity index (χ0) is 37.5. The van der Waals surface area contributed by atoms with Crippen LogP contribution >= 0.6 is 0 Å². The Morgan fingerprint density at radius 1 is 0.686 bits per heavy atom. The number of unbranched alkanes of at least 4 members (excludes halogenated alkanes) is 18. The van der Waals surface area contributed by atoms with E-state index in [9.17, 15) is 29.7 Å². The second-order valence-corrected chi connectivity index (χ2v) is 15.7. The van der Waals surface area contributed by atoms with Gasteiger partial charge in [-0.3, -0.25) is 14.4 Å². The van der Waals surface area contributed by atoms with Gasteiger partial charge in [0.1, 0.15) is 25.1 Å². The first kappa shape index (κ1) is 47.3. The van der Waals surface area contributed by atoms with Gasteiger partial charge in [0, 0.05) is 31.1 Å². The van der Waals surface area contributed by atoms with Crippen LogP contribution in [0.25, 0.3) is 0 Å². The summed E-state index contributed by atoms with van der Waals surface area (Å²) in [4.78, 5) is 36.6. The third kappa shape index (κ3) is 26.6. The average molecular weight is 723 g/mol. The Labute approximate surface area is 311 Å². The molecule has 3 N–H and O–H groups in total. The number of ketones is 1. The number of aliphatic hydroxyl groups is 3. The summed E-state index contributed by atoms with van der Waals surface area (Å²) in [5, 5.41) is 30.6. The van der Waals surface area contributed by atoms with Crippen molar-refractivity contribution >= 4 is 17.7 Å². The van der Waals surface area contributed by atoms with Crippen molar-refractivity contribution in [3.05, 3.63) is 12.2 Å². The minimum atomic E-state index is -1.04. The molecule has 1 aliphatic rings. The fraction of sp³-hybridized carbons (Fsp3) is 0.884. The van der Waals surface area contributed by atoms with Gasteiger partial charge < -0.3 is 24.8 Å². The smallest absolute Gasteiger partial charge is 0.305 e. The molecule has 8 nitrogen and oxygen atoms in total. The van der Waals surface area contributed by atoms with Gasteiger partial charge >= 0.3 is 11.9 Å². The first-order valence-electron chi connectivity index (χ1n) is 21.2. The van der Waals surface area contributed by atoms with E-state index in [1.54, 1.807) is 6.08 Å². The minimum Gasteiger partial charge on any atom is -0.463 e. The molecule has 8 heteroatoms. The van der Waals surface area contributed by atoms with Gasteiger partial charge in [0.25, 0.3) is 0 Å². The number of esters is 2. The van der Waals surface area contributed by atoms with Gasteiger partial charge in [0.15, 0.2) is 0 Å². The summed E-state index contributed by atoms with van der Waals surface area (Å²) in [5.74, 6) is -0.261.